The first-order valence-corrected chi connectivity index (χ1v) is 10.3. The summed E-state index contributed by atoms with van der Waals surface area (Å²) >= 11 is 14.0. The topological polar surface area (TPSA) is 54.5 Å². The summed E-state index contributed by atoms with van der Waals surface area (Å²) in [6.07, 6.45) is 1.57. The van der Waals surface area contributed by atoms with E-state index in [9.17, 15) is 4.79 Å². The van der Waals surface area contributed by atoms with E-state index < -0.39 is 0 Å². The van der Waals surface area contributed by atoms with Crippen LogP contribution in [0.3, 0.4) is 0 Å². The van der Waals surface area contributed by atoms with Gasteiger partial charge in [-0.25, -0.2) is 4.98 Å². The van der Waals surface area contributed by atoms with Crippen molar-refractivity contribution in [3.05, 3.63) is 63.6 Å². The largest absolute Gasteiger partial charge is 0.378 e. The number of para-hydroxylation sites is 1. The Labute approximate surface area is 176 Å². The van der Waals surface area contributed by atoms with E-state index in [0.29, 0.717) is 38.8 Å². The summed E-state index contributed by atoms with van der Waals surface area (Å²) in [7, 11) is 0. The third kappa shape index (κ3) is 4.00. The van der Waals surface area contributed by atoms with Crippen molar-refractivity contribution in [2.75, 3.05) is 36.5 Å². The second-order valence-electron chi connectivity index (χ2n) is 6.20. The summed E-state index contributed by atoms with van der Waals surface area (Å²) in [6, 6.07) is 12.9. The van der Waals surface area contributed by atoms with Gasteiger partial charge in [-0.05, 0) is 18.2 Å². The van der Waals surface area contributed by atoms with Crippen LogP contribution in [0.4, 0.5) is 11.4 Å². The maximum absolute atomic E-state index is 12.8. The number of anilines is 2. The van der Waals surface area contributed by atoms with Gasteiger partial charge in [0.05, 0.1) is 40.8 Å². The predicted octanol–water partition coefficient (Wildman–Crippen LogP) is 5.21. The zero-order valence-electron chi connectivity index (χ0n) is 14.8. The van der Waals surface area contributed by atoms with Crippen molar-refractivity contribution in [3.8, 4) is 10.6 Å². The molecule has 0 saturated carbocycles. The fourth-order valence-electron chi connectivity index (χ4n) is 3.05. The number of ether oxygens (including phenoxy) is 1. The Morgan fingerprint density at radius 3 is 2.61 bits per heavy atom. The highest BCUT2D eigenvalue weighted by atomic mass is 35.5. The van der Waals surface area contributed by atoms with Crippen LogP contribution in [-0.4, -0.2) is 37.2 Å². The molecule has 1 amide bonds. The van der Waals surface area contributed by atoms with Crippen LogP contribution < -0.4 is 10.2 Å². The monoisotopic (exact) mass is 433 g/mol. The lowest BCUT2D eigenvalue weighted by Crippen LogP contribution is -2.37. The zero-order valence-corrected chi connectivity index (χ0v) is 17.2. The number of carbonyl (C=O) groups excluding carboxylic acids is 1. The van der Waals surface area contributed by atoms with Crippen molar-refractivity contribution >= 4 is 51.8 Å². The summed E-state index contributed by atoms with van der Waals surface area (Å²) < 4.78 is 5.42. The molecule has 1 aliphatic rings. The van der Waals surface area contributed by atoms with E-state index >= 15 is 0 Å². The van der Waals surface area contributed by atoms with E-state index in [4.69, 9.17) is 27.9 Å². The number of nitrogens with one attached hydrogen (secondary N) is 1. The fourth-order valence-corrected chi connectivity index (χ4v) is 4.47. The summed E-state index contributed by atoms with van der Waals surface area (Å²) in [4.78, 5) is 19.8. The molecular formula is C20H17Cl2N3O2S. The van der Waals surface area contributed by atoms with Crippen LogP contribution in [0.5, 0.6) is 0 Å². The molecule has 28 heavy (non-hydrogen) atoms. The Morgan fingerprint density at radius 1 is 1.07 bits per heavy atom. The lowest BCUT2D eigenvalue weighted by Gasteiger charge is -2.31. The maximum atomic E-state index is 12.8. The lowest BCUT2D eigenvalue weighted by molar-refractivity contribution is 0.103. The molecular weight excluding hydrogens is 417 g/mol. The highest BCUT2D eigenvalue weighted by Crippen LogP contribution is 2.36. The number of morpholine rings is 1. The molecule has 0 unspecified atom stereocenters. The predicted molar refractivity (Wildman–Crippen MR) is 115 cm³/mol. The van der Waals surface area contributed by atoms with Crippen LogP contribution in [-0.2, 0) is 4.74 Å². The SMILES string of the molecule is O=C(Nc1cccc(Cl)c1N1CCOCC1)c1cnc(-c2ccccc2Cl)s1. The molecule has 4 rings (SSSR count). The van der Waals surface area contributed by atoms with Crippen molar-refractivity contribution in [1.82, 2.24) is 4.98 Å². The number of hydrogen-bond acceptors (Lipinski definition) is 5. The minimum absolute atomic E-state index is 0.229. The second-order valence-corrected chi connectivity index (χ2v) is 8.04. The van der Waals surface area contributed by atoms with E-state index in [1.54, 1.807) is 12.3 Å². The molecule has 1 aromatic heterocycles. The number of halogens is 2. The van der Waals surface area contributed by atoms with Crippen molar-refractivity contribution in [3.63, 3.8) is 0 Å². The quantitative estimate of drug-likeness (QED) is 0.613. The van der Waals surface area contributed by atoms with Crippen LogP contribution in [0.15, 0.2) is 48.7 Å². The van der Waals surface area contributed by atoms with E-state index in [1.165, 1.54) is 11.3 Å². The van der Waals surface area contributed by atoms with Gasteiger partial charge in [0, 0.05) is 18.7 Å². The molecule has 0 radical (unpaired) electrons. The first kappa shape index (κ1) is 19.2. The van der Waals surface area contributed by atoms with Crippen molar-refractivity contribution in [1.29, 1.82) is 0 Å². The average Bonchev–Trinajstić information content (AvgIpc) is 3.19. The Bertz CT molecular complexity index is 1000. The van der Waals surface area contributed by atoms with Gasteiger partial charge in [0.25, 0.3) is 5.91 Å². The van der Waals surface area contributed by atoms with E-state index in [1.807, 2.05) is 36.4 Å². The minimum atomic E-state index is -0.229. The van der Waals surface area contributed by atoms with Gasteiger partial charge in [-0.3, -0.25) is 4.79 Å². The summed E-state index contributed by atoms with van der Waals surface area (Å²) in [5, 5.41) is 4.88. The maximum Gasteiger partial charge on any atom is 0.267 e. The third-order valence-corrected chi connectivity index (χ3v) is 6.06. The third-order valence-electron chi connectivity index (χ3n) is 4.40. The first-order chi connectivity index (χ1) is 13.6. The fraction of sp³-hybridized carbons (Fsp3) is 0.200. The van der Waals surface area contributed by atoms with Gasteiger partial charge < -0.3 is 15.0 Å². The lowest BCUT2D eigenvalue weighted by atomic mass is 10.2. The normalized spacial score (nSPS) is 14.1. The van der Waals surface area contributed by atoms with Crippen LogP contribution in [0, 0.1) is 0 Å². The highest BCUT2D eigenvalue weighted by Gasteiger charge is 2.20. The number of benzene rings is 2. The molecule has 2 heterocycles. The zero-order chi connectivity index (χ0) is 19.5. The molecule has 0 bridgehead atoms. The summed E-state index contributed by atoms with van der Waals surface area (Å²) in [6.45, 7) is 2.72. The molecule has 0 atom stereocenters. The number of amides is 1. The molecule has 8 heteroatoms. The van der Waals surface area contributed by atoms with Crippen LogP contribution in [0.1, 0.15) is 9.67 Å². The highest BCUT2D eigenvalue weighted by molar-refractivity contribution is 7.17. The van der Waals surface area contributed by atoms with Crippen LogP contribution >= 0.6 is 34.5 Å². The number of aromatic nitrogens is 1. The van der Waals surface area contributed by atoms with Gasteiger partial charge >= 0.3 is 0 Å². The molecule has 0 spiro atoms. The molecule has 1 fully saturated rings. The van der Waals surface area contributed by atoms with Crippen molar-refractivity contribution in [2.45, 2.75) is 0 Å². The molecule has 3 aromatic rings. The Kier molecular flexibility index (Phi) is 5.82. The number of rotatable bonds is 4. The molecule has 0 aliphatic carbocycles. The first-order valence-electron chi connectivity index (χ1n) is 8.77. The van der Waals surface area contributed by atoms with Gasteiger partial charge in [-0.2, -0.15) is 0 Å². The van der Waals surface area contributed by atoms with Gasteiger partial charge in [0.1, 0.15) is 9.88 Å². The Balaban J connectivity index is 1.58. The van der Waals surface area contributed by atoms with Crippen LogP contribution in [0.2, 0.25) is 10.0 Å². The molecule has 144 valence electrons. The van der Waals surface area contributed by atoms with Gasteiger partial charge in [-0.1, -0.05) is 47.5 Å². The molecule has 5 nitrogen and oxygen atoms in total. The molecule has 1 N–H and O–H groups in total. The van der Waals surface area contributed by atoms with Crippen molar-refractivity contribution < 1.29 is 9.53 Å². The summed E-state index contributed by atoms with van der Waals surface area (Å²) in [5.41, 5.74) is 2.30. The summed E-state index contributed by atoms with van der Waals surface area (Å²) in [5.74, 6) is -0.229. The standard InChI is InChI=1S/C20H17Cl2N3O2S/c21-14-5-2-1-4-13(14)20-23-12-17(28-20)19(26)24-16-7-3-6-15(22)18(16)25-8-10-27-11-9-25/h1-7,12H,8-11H2,(H,24,26). The van der Waals surface area contributed by atoms with E-state index in [0.717, 1.165) is 24.3 Å². The number of nitrogens with zero attached hydrogens (tertiary/aromatic N) is 2. The van der Waals surface area contributed by atoms with Gasteiger partial charge in [0.15, 0.2) is 0 Å². The molecule has 1 aliphatic heterocycles. The Morgan fingerprint density at radius 2 is 1.82 bits per heavy atom. The van der Waals surface area contributed by atoms with Crippen LogP contribution in [0.25, 0.3) is 10.6 Å². The molecule has 2 aromatic carbocycles. The van der Waals surface area contributed by atoms with Gasteiger partial charge in [-0.15, -0.1) is 11.3 Å². The van der Waals surface area contributed by atoms with Crippen molar-refractivity contribution in [2.24, 2.45) is 0 Å². The van der Waals surface area contributed by atoms with E-state index in [2.05, 4.69) is 15.2 Å². The second kappa shape index (κ2) is 8.49. The minimum Gasteiger partial charge on any atom is -0.378 e. The number of carbonyl (C=O) groups is 1. The number of thiazole rings is 1. The smallest absolute Gasteiger partial charge is 0.267 e. The molecule has 1 saturated heterocycles. The van der Waals surface area contributed by atoms with E-state index in [-0.39, 0.29) is 5.91 Å². The van der Waals surface area contributed by atoms with Gasteiger partial charge in [0.2, 0.25) is 0 Å². The average molecular weight is 434 g/mol. The Hall–Kier alpha value is -2.12. The number of hydrogen-bond donors (Lipinski definition) is 1.